The lowest BCUT2D eigenvalue weighted by Crippen LogP contribution is -2.27. The molecule has 96 valence electrons. The molecule has 0 aromatic carbocycles. The van der Waals surface area contributed by atoms with Gasteiger partial charge >= 0.3 is 0 Å². The Kier molecular flexibility index (Phi) is 3.79. The Labute approximate surface area is 102 Å². The minimum absolute atomic E-state index is 0.295. The van der Waals surface area contributed by atoms with E-state index in [1.807, 2.05) is 0 Å². The summed E-state index contributed by atoms with van der Waals surface area (Å²) in [5.41, 5.74) is 5.72. The zero-order chi connectivity index (χ0) is 12.4. The fraction of sp³-hybridized carbons (Fsp3) is 0.833. The highest BCUT2D eigenvalue weighted by atomic mass is 16.5. The molecule has 2 N–H and O–H groups in total. The predicted octanol–water partition coefficient (Wildman–Crippen LogP) is 1.36. The van der Waals surface area contributed by atoms with E-state index in [9.17, 15) is 0 Å². The molecule has 0 bridgehead atoms. The molecule has 1 aromatic rings. The maximum atomic E-state index is 5.72. The molecular weight excluding hydrogens is 216 g/mol. The van der Waals surface area contributed by atoms with Crippen LogP contribution in [0.5, 0.6) is 0 Å². The lowest BCUT2D eigenvalue weighted by Gasteiger charge is -2.18. The molecule has 2 rings (SSSR count). The van der Waals surface area contributed by atoms with Crippen LogP contribution in [-0.4, -0.2) is 34.2 Å². The predicted molar refractivity (Wildman–Crippen MR) is 65.4 cm³/mol. The Morgan fingerprint density at radius 2 is 2.29 bits per heavy atom. The van der Waals surface area contributed by atoms with E-state index < -0.39 is 0 Å². The second kappa shape index (κ2) is 5.14. The Balaban J connectivity index is 1.96. The van der Waals surface area contributed by atoms with Gasteiger partial charge in [0.1, 0.15) is 0 Å². The monoisotopic (exact) mass is 238 g/mol. The van der Waals surface area contributed by atoms with Gasteiger partial charge in [0, 0.05) is 18.5 Å². The standard InChI is InChI=1S/C12H22N4O/c1-8(2)12-14-11(15-17-12)7-16-6-10(5-13)4-9(16)3/h8-10H,4-7,13H2,1-3H3. The number of nitrogens with two attached hydrogens (primary N) is 1. The smallest absolute Gasteiger partial charge is 0.229 e. The summed E-state index contributed by atoms with van der Waals surface area (Å²) in [6, 6.07) is 0.560. The minimum Gasteiger partial charge on any atom is -0.339 e. The van der Waals surface area contributed by atoms with Gasteiger partial charge in [0.05, 0.1) is 6.54 Å². The van der Waals surface area contributed by atoms with E-state index in [0.29, 0.717) is 17.9 Å². The third kappa shape index (κ3) is 2.84. The number of hydrogen-bond donors (Lipinski definition) is 1. The highest BCUT2D eigenvalue weighted by Gasteiger charge is 2.29. The summed E-state index contributed by atoms with van der Waals surface area (Å²) in [5, 5.41) is 4.03. The van der Waals surface area contributed by atoms with Gasteiger partial charge in [-0.25, -0.2) is 0 Å². The van der Waals surface area contributed by atoms with Crippen molar-refractivity contribution in [3.8, 4) is 0 Å². The van der Waals surface area contributed by atoms with E-state index in [-0.39, 0.29) is 0 Å². The van der Waals surface area contributed by atoms with Crippen LogP contribution in [0.15, 0.2) is 4.52 Å². The number of nitrogens with zero attached hydrogens (tertiary/aromatic N) is 3. The summed E-state index contributed by atoms with van der Waals surface area (Å²) >= 11 is 0. The number of likely N-dealkylation sites (tertiary alicyclic amines) is 1. The van der Waals surface area contributed by atoms with Crippen molar-refractivity contribution < 1.29 is 4.52 Å². The molecule has 1 aromatic heterocycles. The van der Waals surface area contributed by atoms with Gasteiger partial charge in [-0.2, -0.15) is 4.98 Å². The summed E-state index contributed by atoms with van der Waals surface area (Å²) in [7, 11) is 0. The number of aromatic nitrogens is 2. The molecule has 2 unspecified atom stereocenters. The van der Waals surface area contributed by atoms with Gasteiger partial charge in [0.2, 0.25) is 5.89 Å². The average molecular weight is 238 g/mol. The molecule has 0 radical (unpaired) electrons. The molecule has 2 heterocycles. The Morgan fingerprint density at radius 1 is 1.53 bits per heavy atom. The molecule has 0 amide bonds. The Morgan fingerprint density at radius 3 is 2.82 bits per heavy atom. The van der Waals surface area contributed by atoms with Crippen molar-refractivity contribution in [3.63, 3.8) is 0 Å². The Hall–Kier alpha value is -0.940. The molecule has 5 nitrogen and oxygen atoms in total. The third-order valence-corrected chi connectivity index (χ3v) is 3.45. The highest BCUT2D eigenvalue weighted by Crippen LogP contribution is 2.23. The maximum Gasteiger partial charge on any atom is 0.229 e. The molecule has 0 aliphatic carbocycles. The van der Waals surface area contributed by atoms with Crippen molar-refractivity contribution in [2.45, 2.75) is 45.7 Å². The van der Waals surface area contributed by atoms with Gasteiger partial charge in [-0.05, 0) is 25.8 Å². The zero-order valence-electron chi connectivity index (χ0n) is 10.9. The van der Waals surface area contributed by atoms with E-state index in [1.165, 1.54) is 6.42 Å². The van der Waals surface area contributed by atoms with Crippen LogP contribution in [0.1, 0.15) is 44.8 Å². The fourth-order valence-corrected chi connectivity index (χ4v) is 2.36. The summed E-state index contributed by atoms with van der Waals surface area (Å²) in [6.07, 6.45) is 1.17. The Bertz CT molecular complexity index is 363. The first kappa shape index (κ1) is 12.5. The first-order valence-electron chi connectivity index (χ1n) is 6.36. The summed E-state index contributed by atoms with van der Waals surface area (Å²) in [6.45, 7) is 8.93. The van der Waals surface area contributed by atoms with Crippen LogP contribution in [0.25, 0.3) is 0 Å². The number of hydrogen-bond acceptors (Lipinski definition) is 5. The van der Waals surface area contributed by atoms with Crippen molar-refractivity contribution in [2.75, 3.05) is 13.1 Å². The maximum absolute atomic E-state index is 5.72. The molecule has 17 heavy (non-hydrogen) atoms. The first-order chi connectivity index (χ1) is 8.10. The molecule has 1 aliphatic rings. The van der Waals surface area contributed by atoms with Crippen molar-refractivity contribution in [3.05, 3.63) is 11.7 Å². The zero-order valence-corrected chi connectivity index (χ0v) is 10.9. The van der Waals surface area contributed by atoms with Crippen molar-refractivity contribution in [1.82, 2.24) is 15.0 Å². The van der Waals surface area contributed by atoms with Crippen LogP contribution in [0.4, 0.5) is 0 Å². The molecule has 0 saturated carbocycles. The molecule has 1 fully saturated rings. The van der Waals surface area contributed by atoms with E-state index in [4.69, 9.17) is 10.3 Å². The normalized spacial score (nSPS) is 25.9. The van der Waals surface area contributed by atoms with Gasteiger partial charge in [-0.15, -0.1) is 0 Å². The minimum atomic E-state index is 0.295. The van der Waals surface area contributed by atoms with Crippen molar-refractivity contribution >= 4 is 0 Å². The topological polar surface area (TPSA) is 68.2 Å². The second-order valence-electron chi connectivity index (χ2n) is 5.32. The molecular formula is C12H22N4O. The van der Waals surface area contributed by atoms with Crippen molar-refractivity contribution in [1.29, 1.82) is 0 Å². The molecule has 1 aliphatic heterocycles. The third-order valence-electron chi connectivity index (χ3n) is 3.45. The van der Waals surface area contributed by atoms with E-state index in [2.05, 4.69) is 35.8 Å². The van der Waals surface area contributed by atoms with Crippen LogP contribution in [0, 0.1) is 5.92 Å². The van der Waals surface area contributed by atoms with Crippen LogP contribution in [0.2, 0.25) is 0 Å². The quantitative estimate of drug-likeness (QED) is 0.858. The summed E-state index contributed by atoms with van der Waals surface area (Å²) in [5.74, 6) is 2.42. The van der Waals surface area contributed by atoms with Crippen LogP contribution in [-0.2, 0) is 6.54 Å². The molecule has 0 spiro atoms. The lowest BCUT2D eigenvalue weighted by molar-refractivity contribution is 0.244. The molecule has 1 saturated heterocycles. The highest BCUT2D eigenvalue weighted by molar-refractivity contribution is 4.93. The van der Waals surface area contributed by atoms with Crippen LogP contribution >= 0.6 is 0 Å². The molecule has 5 heteroatoms. The van der Waals surface area contributed by atoms with Gasteiger partial charge in [0.15, 0.2) is 5.82 Å². The van der Waals surface area contributed by atoms with Crippen LogP contribution < -0.4 is 5.73 Å². The van der Waals surface area contributed by atoms with Gasteiger partial charge in [0.25, 0.3) is 0 Å². The van der Waals surface area contributed by atoms with E-state index in [0.717, 1.165) is 31.3 Å². The summed E-state index contributed by atoms with van der Waals surface area (Å²) in [4.78, 5) is 6.79. The van der Waals surface area contributed by atoms with Gasteiger partial charge in [-0.3, -0.25) is 4.90 Å². The van der Waals surface area contributed by atoms with Gasteiger partial charge in [-0.1, -0.05) is 19.0 Å². The van der Waals surface area contributed by atoms with Crippen molar-refractivity contribution in [2.24, 2.45) is 11.7 Å². The number of rotatable bonds is 4. The average Bonchev–Trinajstić information content (AvgIpc) is 2.87. The molecule has 2 atom stereocenters. The van der Waals surface area contributed by atoms with E-state index in [1.54, 1.807) is 0 Å². The van der Waals surface area contributed by atoms with Crippen LogP contribution in [0.3, 0.4) is 0 Å². The second-order valence-corrected chi connectivity index (χ2v) is 5.32. The summed E-state index contributed by atoms with van der Waals surface area (Å²) < 4.78 is 5.21. The first-order valence-corrected chi connectivity index (χ1v) is 6.36. The fourth-order valence-electron chi connectivity index (χ4n) is 2.36. The SMILES string of the molecule is CC(C)c1nc(CN2CC(CN)CC2C)no1. The lowest BCUT2D eigenvalue weighted by atomic mass is 10.1. The van der Waals surface area contributed by atoms with E-state index >= 15 is 0 Å². The van der Waals surface area contributed by atoms with Gasteiger partial charge < -0.3 is 10.3 Å². The largest absolute Gasteiger partial charge is 0.339 e.